The van der Waals surface area contributed by atoms with Crippen LogP contribution in [0.15, 0.2) is 30.9 Å². The predicted octanol–water partition coefficient (Wildman–Crippen LogP) is 3.37. The van der Waals surface area contributed by atoms with E-state index in [0.29, 0.717) is 23.3 Å². The molecule has 1 saturated heterocycles. The maximum absolute atomic E-state index is 11.6. The van der Waals surface area contributed by atoms with Crippen molar-refractivity contribution in [2.24, 2.45) is 5.92 Å². The molecule has 0 unspecified atom stereocenters. The van der Waals surface area contributed by atoms with Gasteiger partial charge in [0.05, 0.1) is 12.6 Å². The van der Waals surface area contributed by atoms with E-state index in [9.17, 15) is 4.79 Å². The summed E-state index contributed by atoms with van der Waals surface area (Å²) in [4.78, 5) is 11.6. The van der Waals surface area contributed by atoms with Crippen molar-refractivity contribution in [1.82, 2.24) is 5.32 Å². The topological polar surface area (TPSA) is 38.3 Å². The Morgan fingerprint density at radius 1 is 1.53 bits per heavy atom. The van der Waals surface area contributed by atoms with Gasteiger partial charge in [0.2, 0.25) is 5.91 Å². The summed E-state index contributed by atoms with van der Waals surface area (Å²) in [5, 5.41) is 4.10. The molecule has 5 heteroatoms. The standard InChI is InChI=1S/C14H15Cl2NO2/c1-2-13(18)17-14(9-5-6-19-8-9)11-7-10(15)3-4-12(11)16/h2-4,7,9,14H,1,5-6,8H2,(H,17,18)/t9-,14+/m1/s1. The molecule has 19 heavy (non-hydrogen) atoms. The lowest BCUT2D eigenvalue weighted by Crippen LogP contribution is -2.32. The fraction of sp³-hybridized carbons (Fsp3) is 0.357. The number of benzene rings is 1. The molecule has 1 aromatic rings. The molecule has 0 radical (unpaired) electrons. The third-order valence-corrected chi connectivity index (χ3v) is 3.79. The van der Waals surface area contributed by atoms with Gasteiger partial charge in [-0.1, -0.05) is 29.8 Å². The minimum Gasteiger partial charge on any atom is -0.381 e. The number of hydrogen-bond donors (Lipinski definition) is 1. The Hall–Kier alpha value is -1.03. The van der Waals surface area contributed by atoms with Crippen LogP contribution in [0.5, 0.6) is 0 Å². The van der Waals surface area contributed by atoms with Gasteiger partial charge in [-0.05, 0) is 36.3 Å². The third kappa shape index (κ3) is 3.50. The lowest BCUT2D eigenvalue weighted by Gasteiger charge is -2.24. The van der Waals surface area contributed by atoms with Crippen LogP contribution in [0.3, 0.4) is 0 Å². The largest absolute Gasteiger partial charge is 0.381 e. The van der Waals surface area contributed by atoms with Crippen molar-refractivity contribution in [3.05, 3.63) is 46.5 Å². The molecular formula is C14H15Cl2NO2. The molecular weight excluding hydrogens is 285 g/mol. The molecule has 0 saturated carbocycles. The van der Waals surface area contributed by atoms with Gasteiger partial charge < -0.3 is 10.1 Å². The van der Waals surface area contributed by atoms with Crippen molar-refractivity contribution in [2.45, 2.75) is 12.5 Å². The van der Waals surface area contributed by atoms with E-state index in [4.69, 9.17) is 27.9 Å². The van der Waals surface area contributed by atoms with Gasteiger partial charge in [0.1, 0.15) is 0 Å². The number of hydrogen-bond acceptors (Lipinski definition) is 2. The van der Waals surface area contributed by atoms with Crippen molar-refractivity contribution < 1.29 is 9.53 Å². The highest BCUT2D eigenvalue weighted by Gasteiger charge is 2.29. The lowest BCUT2D eigenvalue weighted by atomic mass is 9.92. The normalized spacial score (nSPS) is 20.0. The fourth-order valence-electron chi connectivity index (χ4n) is 2.23. The molecule has 1 N–H and O–H groups in total. The Morgan fingerprint density at radius 2 is 2.32 bits per heavy atom. The average Bonchev–Trinajstić information content (AvgIpc) is 2.92. The molecule has 0 aliphatic carbocycles. The Bertz CT molecular complexity index is 484. The smallest absolute Gasteiger partial charge is 0.243 e. The van der Waals surface area contributed by atoms with Gasteiger partial charge >= 0.3 is 0 Å². The van der Waals surface area contributed by atoms with Crippen molar-refractivity contribution in [3.8, 4) is 0 Å². The van der Waals surface area contributed by atoms with E-state index in [1.807, 2.05) is 0 Å². The first-order valence-electron chi connectivity index (χ1n) is 6.07. The highest BCUT2D eigenvalue weighted by atomic mass is 35.5. The molecule has 1 heterocycles. The van der Waals surface area contributed by atoms with Crippen LogP contribution in [0.1, 0.15) is 18.0 Å². The van der Waals surface area contributed by atoms with Gasteiger partial charge in [-0.3, -0.25) is 4.79 Å². The molecule has 102 valence electrons. The second-order valence-corrected chi connectivity index (χ2v) is 5.32. The first kappa shape index (κ1) is 14.4. The summed E-state index contributed by atoms with van der Waals surface area (Å²) < 4.78 is 5.39. The second kappa shape index (κ2) is 6.42. The molecule has 2 rings (SSSR count). The van der Waals surface area contributed by atoms with Gasteiger partial charge in [-0.15, -0.1) is 0 Å². The summed E-state index contributed by atoms with van der Waals surface area (Å²) in [5.74, 6) is -0.0344. The van der Waals surface area contributed by atoms with Crippen molar-refractivity contribution in [1.29, 1.82) is 0 Å². The molecule has 1 aliphatic heterocycles. The van der Waals surface area contributed by atoms with Crippen molar-refractivity contribution in [3.63, 3.8) is 0 Å². The summed E-state index contributed by atoms with van der Waals surface area (Å²) in [7, 11) is 0. The number of rotatable bonds is 4. The Labute approximate surface area is 122 Å². The first-order valence-corrected chi connectivity index (χ1v) is 6.83. The zero-order valence-electron chi connectivity index (χ0n) is 10.4. The molecule has 1 aromatic carbocycles. The summed E-state index contributed by atoms with van der Waals surface area (Å²) >= 11 is 12.2. The number of carbonyl (C=O) groups excluding carboxylic acids is 1. The van der Waals surface area contributed by atoms with Crippen molar-refractivity contribution in [2.75, 3.05) is 13.2 Å². The zero-order valence-corrected chi connectivity index (χ0v) is 11.9. The van der Waals surface area contributed by atoms with Crippen LogP contribution >= 0.6 is 23.2 Å². The Morgan fingerprint density at radius 3 is 2.95 bits per heavy atom. The second-order valence-electron chi connectivity index (χ2n) is 4.48. The minimum absolute atomic E-state index is 0.194. The molecule has 0 spiro atoms. The number of amides is 1. The van der Waals surface area contributed by atoms with Crippen LogP contribution in [0.2, 0.25) is 10.0 Å². The maximum Gasteiger partial charge on any atom is 0.243 e. The predicted molar refractivity (Wildman–Crippen MR) is 76.5 cm³/mol. The van der Waals surface area contributed by atoms with Crippen LogP contribution < -0.4 is 5.32 Å². The van der Waals surface area contributed by atoms with Crippen LogP contribution in [0.25, 0.3) is 0 Å². The average molecular weight is 300 g/mol. The first-order chi connectivity index (χ1) is 9.11. The fourth-order valence-corrected chi connectivity index (χ4v) is 2.65. The van der Waals surface area contributed by atoms with Gasteiger partial charge in [-0.25, -0.2) is 0 Å². The van der Waals surface area contributed by atoms with E-state index in [1.54, 1.807) is 18.2 Å². The summed E-state index contributed by atoms with van der Waals surface area (Å²) in [6, 6.07) is 5.04. The van der Waals surface area contributed by atoms with Gasteiger partial charge in [0.25, 0.3) is 0 Å². The SMILES string of the molecule is C=CC(=O)N[C@H](c1cc(Cl)ccc1Cl)[C@@H]1CCOC1. The van der Waals surface area contributed by atoms with Crippen LogP contribution in [0, 0.1) is 5.92 Å². The molecule has 2 atom stereocenters. The Balaban J connectivity index is 2.32. The molecule has 3 nitrogen and oxygen atoms in total. The minimum atomic E-state index is -0.229. The van der Waals surface area contributed by atoms with Crippen LogP contribution in [-0.4, -0.2) is 19.1 Å². The van der Waals surface area contributed by atoms with E-state index in [-0.39, 0.29) is 17.9 Å². The van der Waals surface area contributed by atoms with E-state index >= 15 is 0 Å². The van der Waals surface area contributed by atoms with E-state index in [0.717, 1.165) is 12.0 Å². The Kier molecular flexibility index (Phi) is 4.86. The van der Waals surface area contributed by atoms with Crippen molar-refractivity contribution >= 4 is 29.1 Å². The molecule has 0 aromatic heterocycles. The molecule has 1 fully saturated rings. The molecule has 1 aliphatic rings. The lowest BCUT2D eigenvalue weighted by molar-refractivity contribution is -0.117. The van der Waals surface area contributed by atoms with E-state index in [1.165, 1.54) is 6.08 Å². The summed E-state index contributed by atoms with van der Waals surface area (Å²) in [6.07, 6.45) is 2.13. The van der Waals surface area contributed by atoms with Gasteiger partial charge in [-0.2, -0.15) is 0 Å². The van der Waals surface area contributed by atoms with E-state index in [2.05, 4.69) is 11.9 Å². The highest BCUT2D eigenvalue weighted by molar-refractivity contribution is 6.33. The van der Waals surface area contributed by atoms with Gasteiger partial charge in [0.15, 0.2) is 0 Å². The number of ether oxygens (including phenoxy) is 1. The van der Waals surface area contributed by atoms with Crippen LogP contribution in [-0.2, 0) is 9.53 Å². The highest BCUT2D eigenvalue weighted by Crippen LogP contribution is 2.34. The summed E-state index contributed by atoms with van der Waals surface area (Å²) in [5.41, 5.74) is 0.819. The maximum atomic E-state index is 11.6. The molecule has 1 amide bonds. The quantitative estimate of drug-likeness (QED) is 0.866. The van der Waals surface area contributed by atoms with Gasteiger partial charge in [0, 0.05) is 22.6 Å². The molecule has 0 bridgehead atoms. The zero-order chi connectivity index (χ0) is 13.8. The number of halogens is 2. The number of nitrogens with one attached hydrogen (secondary N) is 1. The number of carbonyl (C=O) groups is 1. The summed E-state index contributed by atoms with van der Waals surface area (Å²) in [6.45, 7) is 4.77. The van der Waals surface area contributed by atoms with E-state index < -0.39 is 0 Å². The monoisotopic (exact) mass is 299 g/mol. The van der Waals surface area contributed by atoms with Crippen LogP contribution in [0.4, 0.5) is 0 Å². The third-order valence-electron chi connectivity index (χ3n) is 3.21.